The van der Waals surface area contributed by atoms with Crippen molar-refractivity contribution >= 4 is 34.6 Å². The Balaban J connectivity index is 1.07. The van der Waals surface area contributed by atoms with E-state index in [0.29, 0.717) is 61.2 Å². The van der Waals surface area contributed by atoms with E-state index in [4.69, 9.17) is 20.3 Å². The number of nitrogens with two attached hydrogens (primary N) is 1. The maximum Gasteiger partial charge on any atom is 0.251 e. The van der Waals surface area contributed by atoms with E-state index in [-0.39, 0.29) is 23.7 Å². The Kier molecular flexibility index (Phi) is 10.7. The molecule has 262 valence electrons. The number of aromatic nitrogens is 4. The molecular weight excluding hydrogens is 622 g/mol. The van der Waals surface area contributed by atoms with Crippen molar-refractivity contribution in [2.45, 2.75) is 58.5 Å². The summed E-state index contributed by atoms with van der Waals surface area (Å²) in [6.07, 6.45) is 11.0. The standard InChI is InChI=1S/C36H49N9O4/c1-5-6-15-38-34-32-29(39-36(37)40-34)23-44(41-32)22-28-30(48-3)13-12-27(33(28)49-4)21-42-16-18-43(19-17-42)35(47)26-10-8-25(9-11-26)20-45-24(2)7-14-31(45)46/h7,12-14,23,25-26H,2,5-6,8-11,15-22H2,1,3-4H3,(H3,37,38,39,40). The number of unbranched alkanes of at least 4 members (excludes halogenated alkanes) is 1. The van der Waals surface area contributed by atoms with Gasteiger partial charge < -0.3 is 30.3 Å². The normalized spacial score (nSPS) is 20.0. The van der Waals surface area contributed by atoms with Crippen molar-refractivity contribution in [1.82, 2.24) is 34.4 Å². The van der Waals surface area contributed by atoms with Gasteiger partial charge in [-0.3, -0.25) is 19.2 Å². The molecule has 0 spiro atoms. The summed E-state index contributed by atoms with van der Waals surface area (Å²) in [5, 5.41) is 8.16. The molecule has 2 fully saturated rings. The third-order valence-corrected chi connectivity index (χ3v) is 10.0. The molecule has 3 aliphatic rings. The van der Waals surface area contributed by atoms with Crippen LogP contribution in [0, 0.1) is 11.8 Å². The number of benzene rings is 1. The van der Waals surface area contributed by atoms with Gasteiger partial charge in [0.05, 0.1) is 32.5 Å². The molecular formula is C36H49N9O4. The van der Waals surface area contributed by atoms with Gasteiger partial charge in [-0.2, -0.15) is 10.1 Å². The molecule has 1 saturated carbocycles. The van der Waals surface area contributed by atoms with Crippen LogP contribution < -0.4 is 20.5 Å². The van der Waals surface area contributed by atoms with E-state index >= 15 is 0 Å². The summed E-state index contributed by atoms with van der Waals surface area (Å²) in [5.74, 6) is 3.07. The van der Waals surface area contributed by atoms with Crippen LogP contribution in [0.25, 0.3) is 11.0 Å². The Morgan fingerprint density at radius 3 is 2.49 bits per heavy atom. The summed E-state index contributed by atoms with van der Waals surface area (Å²) in [6.45, 7) is 11.7. The number of carbonyl (C=O) groups excluding carboxylic acids is 2. The second-order valence-corrected chi connectivity index (χ2v) is 13.3. The molecule has 13 nitrogen and oxygen atoms in total. The van der Waals surface area contributed by atoms with Crippen LogP contribution in [0.15, 0.2) is 42.8 Å². The number of hydrogen-bond donors (Lipinski definition) is 2. The van der Waals surface area contributed by atoms with Crippen molar-refractivity contribution in [2.24, 2.45) is 11.8 Å². The maximum atomic E-state index is 13.5. The van der Waals surface area contributed by atoms with Gasteiger partial charge in [-0.05, 0) is 50.2 Å². The van der Waals surface area contributed by atoms with Gasteiger partial charge in [0, 0.05) is 69.1 Å². The second-order valence-electron chi connectivity index (χ2n) is 13.3. The van der Waals surface area contributed by atoms with Crippen molar-refractivity contribution in [3.8, 4) is 11.5 Å². The summed E-state index contributed by atoms with van der Waals surface area (Å²) >= 11 is 0. The number of allylic oxidation sites excluding steroid dienone is 1. The molecule has 2 amide bonds. The number of amides is 2. The summed E-state index contributed by atoms with van der Waals surface area (Å²) in [5.41, 5.74) is 10.0. The number of nitrogens with zero attached hydrogens (tertiary/aromatic N) is 7. The van der Waals surface area contributed by atoms with Crippen LogP contribution >= 0.6 is 0 Å². The number of nitrogens with one attached hydrogen (secondary N) is 1. The topological polar surface area (TPSA) is 144 Å². The zero-order valence-corrected chi connectivity index (χ0v) is 29.0. The lowest BCUT2D eigenvalue weighted by atomic mass is 9.81. The quantitative estimate of drug-likeness (QED) is 0.256. The Labute approximate surface area is 288 Å². The first-order valence-electron chi connectivity index (χ1n) is 17.4. The summed E-state index contributed by atoms with van der Waals surface area (Å²) in [7, 11) is 3.34. The van der Waals surface area contributed by atoms with Crippen LogP contribution in [0.3, 0.4) is 0 Å². The fourth-order valence-electron chi connectivity index (χ4n) is 7.28. The van der Waals surface area contributed by atoms with Gasteiger partial charge in [-0.25, -0.2) is 4.98 Å². The van der Waals surface area contributed by atoms with E-state index < -0.39 is 0 Å². The molecule has 0 radical (unpaired) electrons. The van der Waals surface area contributed by atoms with Gasteiger partial charge in [-0.1, -0.05) is 26.0 Å². The van der Waals surface area contributed by atoms with Gasteiger partial charge >= 0.3 is 0 Å². The fourth-order valence-corrected chi connectivity index (χ4v) is 7.28. The Morgan fingerprint density at radius 2 is 1.82 bits per heavy atom. The molecule has 49 heavy (non-hydrogen) atoms. The minimum Gasteiger partial charge on any atom is -0.496 e. The van der Waals surface area contributed by atoms with Gasteiger partial charge in [0.25, 0.3) is 5.91 Å². The van der Waals surface area contributed by atoms with Gasteiger partial charge in [0.2, 0.25) is 11.9 Å². The second kappa shape index (κ2) is 15.3. The number of hydrogen-bond acceptors (Lipinski definition) is 10. The highest BCUT2D eigenvalue weighted by Crippen LogP contribution is 2.35. The number of fused-ring (bicyclic) bond motifs is 1. The Morgan fingerprint density at radius 1 is 1.04 bits per heavy atom. The summed E-state index contributed by atoms with van der Waals surface area (Å²) in [4.78, 5) is 40.6. The molecule has 1 aliphatic carbocycles. The molecule has 2 aliphatic heterocycles. The van der Waals surface area contributed by atoms with Gasteiger partial charge in [0.1, 0.15) is 17.0 Å². The predicted octanol–water partition coefficient (Wildman–Crippen LogP) is 4.05. The third-order valence-electron chi connectivity index (χ3n) is 10.0. The SMILES string of the molecule is C=C1C=CC(=O)N1CC1CCC(C(=O)N2CCN(Cc3ccc(OC)c(Cn4cc5nc(N)nc(NCCCC)c5n4)c3OC)CC2)CC1. The highest BCUT2D eigenvalue weighted by atomic mass is 16.5. The highest BCUT2D eigenvalue weighted by Gasteiger charge is 2.33. The minimum atomic E-state index is 0.0156. The van der Waals surface area contributed by atoms with Crippen LogP contribution in [0.1, 0.15) is 56.6 Å². The van der Waals surface area contributed by atoms with Crippen LogP contribution in [0.4, 0.5) is 11.8 Å². The zero-order valence-electron chi connectivity index (χ0n) is 29.0. The number of ether oxygens (including phenoxy) is 2. The molecule has 0 unspecified atom stereocenters. The molecule has 0 bridgehead atoms. The van der Waals surface area contributed by atoms with E-state index in [0.717, 1.165) is 80.7 Å². The summed E-state index contributed by atoms with van der Waals surface area (Å²) in [6, 6.07) is 4.04. The molecule has 1 aromatic carbocycles. The molecule has 4 heterocycles. The van der Waals surface area contributed by atoms with Crippen LogP contribution in [0.2, 0.25) is 0 Å². The van der Waals surface area contributed by atoms with Crippen LogP contribution in [-0.2, 0) is 22.7 Å². The highest BCUT2D eigenvalue weighted by molar-refractivity contribution is 5.93. The van der Waals surface area contributed by atoms with Crippen LogP contribution in [0.5, 0.6) is 11.5 Å². The first-order valence-corrected chi connectivity index (χ1v) is 17.4. The predicted molar refractivity (Wildman–Crippen MR) is 189 cm³/mol. The van der Waals surface area contributed by atoms with Gasteiger partial charge in [0.15, 0.2) is 11.3 Å². The number of piperazine rings is 1. The van der Waals surface area contributed by atoms with E-state index in [1.54, 1.807) is 31.3 Å². The molecule has 13 heteroatoms. The number of nitrogen functional groups attached to an aromatic ring is 1. The van der Waals surface area contributed by atoms with Crippen molar-refractivity contribution in [1.29, 1.82) is 0 Å². The molecule has 0 atom stereocenters. The first kappa shape index (κ1) is 34.2. The van der Waals surface area contributed by atoms with Crippen molar-refractivity contribution < 1.29 is 19.1 Å². The maximum absolute atomic E-state index is 13.5. The monoisotopic (exact) mass is 671 g/mol. The molecule has 3 aromatic rings. The Bertz CT molecular complexity index is 1690. The lowest BCUT2D eigenvalue weighted by Crippen LogP contribution is -2.50. The third kappa shape index (κ3) is 7.66. The van der Waals surface area contributed by atoms with Crippen molar-refractivity contribution in [3.63, 3.8) is 0 Å². The minimum absolute atomic E-state index is 0.0156. The number of methoxy groups -OCH3 is 2. The smallest absolute Gasteiger partial charge is 0.251 e. The average molecular weight is 672 g/mol. The lowest BCUT2D eigenvalue weighted by Gasteiger charge is -2.38. The van der Waals surface area contributed by atoms with E-state index in [1.165, 1.54) is 0 Å². The zero-order chi connectivity index (χ0) is 34.5. The Hall–Kier alpha value is -4.65. The number of carbonyl (C=O) groups is 2. The molecule has 2 aromatic heterocycles. The number of anilines is 2. The van der Waals surface area contributed by atoms with E-state index in [9.17, 15) is 9.59 Å². The van der Waals surface area contributed by atoms with Crippen molar-refractivity contribution in [3.05, 3.63) is 53.9 Å². The first-order chi connectivity index (χ1) is 23.8. The molecule has 1 saturated heterocycles. The van der Waals surface area contributed by atoms with E-state index in [2.05, 4.69) is 39.8 Å². The summed E-state index contributed by atoms with van der Waals surface area (Å²) < 4.78 is 13.6. The van der Waals surface area contributed by atoms with E-state index in [1.807, 2.05) is 21.8 Å². The largest absolute Gasteiger partial charge is 0.496 e. The van der Waals surface area contributed by atoms with Gasteiger partial charge in [-0.15, -0.1) is 0 Å². The fraction of sp³-hybridized carbons (Fsp3) is 0.528. The molecule has 6 rings (SSSR count). The number of rotatable bonds is 13. The molecule has 3 N–H and O–H groups in total. The lowest BCUT2D eigenvalue weighted by molar-refractivity contribution is -0.139. The average Bonchev–Trinajstić information content (AvgIpc) is 3.66. The van der Waals surface area contributed by atoms with Crippen molar-refractivity contribution in [2.75, 3.05) is 64.5 Å². The van der Waals surface area contributed by atoms with Crippen LogP contribution in [-0.4, -0.2) is 99.8 Å².